The third-order valence-corrected chi connectivity index (χ3v) is 2.14. The van der Waals surface area contributed by atoms with Crippen LogP contribution in [0.5, 0.6) is 0 Å². The molecule has 0 aromatic carbocycles. The second-order valence-electron chi connectivity index (χ2n) is 3.22. The summed E-state index contributed by atoms with van der Waals surface area (Å²) in [5.41, 5.74) is 1.63. The Bertz CT molecular complexity index is 405. The summed E-state index contributed by atoms with van der Waals surface area (Å²) in [5.74, 6) is 0.853. The van der Waals surface area contributed by atoms with Gasteiger partial charge in [-0.3, -0.25) is 4.79 Å². The number of fused-ring (bicyclic) bond motifs is 1. The molecule has 0 aliphatic carbocycles. The lowest BCUT2D eigenvalue weighted by molar-refractivity contribution is -0.117. The number of carbonyl (C=O) groups is 1. The number of hydrogen-bond acceptors (Lipinski definition) is 3. The molecule has 2 heterocycles. The van der Waals surface area contributed by atoms with Crippen molar-refractivity contribution in [2.24, 2.45) is 0 Å². The molecule has 1 aliphatic rings. The van der Waals surface area contributed by atoms with E-state index in [2.05, 4.69) is 15.7 Å². The summed E-state index contributed by atoms with van der Waals surface area (Å²) in [5, 5.41) is 9.86. The van der Waals surface area contributed by atoms with Gasteiger partial charge >= 0.3 is 0 Å². The average molecular weight is 192 g/mol. The number of carbonyl (C=O) groups excluding carboxylic acids is 1. The first-order chi connectivity index (χ1) is 6.70. The standard InChI is InChI=1S/C9H12N4O/c1-6-3-8-11-4-7(9(14)10-2)5-13(8)12-6/h3-4,11H,5H2,1-2H3,(H,10,14). The zero-order valence-electron chi connectivity index (χ0n) is 8.16. The van der Waals surface area contributed by atoms with Gasteiger partial charge in [0.15, 0.2) is 0 Å². The minimum atomic E-state index is -0.0729. The molecule has 2 rings (SSSR count). The Morgan fingerprint density at radius 3 is 3.21 bits per heavy atom. The summed E-state index contributed by atoms with van der Waals surface area (Å²) in [4.78, 5) is 11.3. The van der Waals surface area contributed by atoms with E-state index in [0.29, 0.717) is 12.1 Å². The van der Waals surface area contributed by atoms with Crippen LogP contribution in [-0.4, -0.2) is 22.7 Å². The molecule has 2 N–H and O–H groups in total. The molecule has 5 heteroatoms. The van der Waals surface area contributed by atoms with Crippen molar-refractivity contribution in [2.75, 3.05) is 12.4 Å². The molecule has 0 spiro atoms. The molecule has 0 radical (unpaired) electrons. The van der Waals surface area contributed by atoms with E-state index in [9.17, 15) is 4.79 Å². The summed E-state index contributed by atoms with van der Waals surface area (Å²) >= 11 is 0. The van der Waals surface area contributed by atoms with Gasteiger partial charge in [0.05, 0.1) is 17.8 Å². The van der Waals surface area contributed by atoms with E-state index in [1.54, 1.807) is 17.9 Å². The molecule has 1 aromatic heterocycles. The number of nitrogens with zero attached hydrogens (tertiary/aromatic N) is 2. The van der Waals surface area contributed by atoms with Crippen molar-refractivity contribution in [3.63, 3.8) is 0 Å². The van der Waals surface area contributed by atoms with Gasteiger partial charge in [-0.25, -0.2) is 4.68 Å². The van der Waals surface area contributed by atoms with Gasteiger partial charge in [0.1, 0.15) is 5.82 Å². The minimum Gasteiger partial charge on any atom is -0.355 e. The topological polar surface area (TPSA) is 59.0 Å². The number of anilines is 1. The fraction of sp³-hybridized carbons (Fsp3) is 0.333. The van der Waals surface area contributed by atoms with Gasteiger partial charge in [-0.05, 0) is 6.92 Å². The Morgan fingerprint density at radius 1 is 1.71 bits per heavy atom. The van der Waals surface area contributed by atoms with Crippen molar-refractivity contribution < 1.29 is 4.79 Å². The van der Waals surface area contributed by atoms with Crippen LogP contribution in [0, 0.1) is 6.92 Å². The highest BCUT2D eigenvalue weighted by Crippen LogP contribution is 2.17. The zero-order valence-corrected chi connectivity index (χ0v) is 8.16. The fourth-order valence-electron chi connectivity index (χ4n) is 1.45. The van der Waals surface area contributed by atoms with Gasteiger partial charge in [0.2, 0.25) is 5.91 Å². The molecular formula is C9H12N4O. The first-order valence-electron chi connectivity index (χ1n) is 4.43. The number of aryl methyl sites for hydroxylation is 1. The van der Waals surface area contributed by atoms with E-state index in [0.717, 1.165) is 11.5 Å². The maximum Gasteiger partial charge on any atom is 0.250 e. The highest BCUT2D eigenvalue weighted by molar-refractivity contribution is 5.93. The summed E-state index contributed by atoms with van der Waals surface area (Å²) in [6.45, 7) is 2.45. The first-order valence-corrected chi connectivity index (χ1v) is 4.43. The molecule has 1 aliphatic heterocycles. The van der Waals surface area contributed by atoms with Crippen molar-refractivity contribution in [1.29, 1.82) is 0 Å². The van der Waals surface area contributed by atoms with E-state index < -0.39 is 0 Å². The van der Waals surface area contributed by atoms with E-state index in [1.807, 2.05) is 13.0 Å². The third kappa shape index (κ3) is 1.37. The van der Waals surface area contributed by atoms with Crippen LogP contribution in [0.4, 0.5) is 5.82 Å². The predicted molar refractivity (Wildman–Crippen MR) is 52.7 cm³/mol. The highest BCUT2D eigenvalue weighted by Gasteiger charge is 2.16. The van der Waals surface area contributed by atoms with Crippen molar-refractivity contribution >= 4 is 11.7 Å². The maximum atomic E-state index is 11.3. The van der Waals surface area contributed by atoms with Crippen LogP contribution in [0.25, 0.3) is 0 Å². The molecule has 0 unspecified atom stereocenters. The summed E-state index contributed by atoms with van der Waals surface area (Å²) in [6, 6.07) is 1.94. The molecule has 0 fully saturated rings. The second kappa shape index (κ2) is 3.17. The second-order valence-corrected chi connectivity index (χ2v) is 3.22. The van der Waals surface area contributed by atoms with Crippen molar-refractivity contribution in [3.05, 3.63) is 23.5 Å². The zero-order chi connectivity index (χ0) is 10.1. The van der Waals surface area contributed by atoms with Crippen LogP contribution >= 0.6 is 0 Å². The quantitative estimate of drug-likeness (QED) is 0.670. The number of hydrogen-bond donors (Lipinski definition) is 2. The molecular weight excluding hydrogens is 180 g/mol. The summed E-state index contributed by atoms with van der Waals surface area (Å²) in [6.07, 6.45) is 1.72. The molecule has 0 atom stereocenters. The molecule has 0 bridgehead atoms. The van der Waals surface area contributed by atoms with Gasteiger partial charge in [0.25, 0.3) is 0 Å². The van der Waals surface area contributed by atoms with Crippen LogP contribution in [0.15, 0.2) is 17.8 Å². The monoisotopic (exact) mass is 192 g/mol. The fourth-order valence-corrected chi connectivity index (χ4v) is 1.45. The van der Waals surface area contributed by atoms with E-state index in [1.165, 1.54) is 0 Å². The number of likely N-dealkylation sites (N-methyl/N-ethyl adjacent to an activating group) is 1. The van der Waals surface area contributed by atoms with Gasteiger partial charge in [-0.2, -0.15) is 5.10 Å². The normalized spacial score (nSPS) is 14.0. The van der Waals surface area contributed by atoms with Gasteiger partial charge in [-0.15, -0.1) is 0 Å². The van der Waals surface area contributed by atoms with Crippen LogP contribution in [0.1, 0.15) is 5.69 Å². The lowest BCUT2D eigenvalue weighted by Gasteiger charge is -2.15. The number of aromatic nitrogens is 2. The smallest absolute Gasteiger partial charge is 0.250 e. The van der Waals surface area contributed by atoms with E-state index in [4.69, 9.17) is 0 Å². The first kappa shape index (κ1) is 8.80. The SMILES string of the molecule is CNC(=O)C1=CNc2cc(C)nn2C1. The van der Waals surface area contributed by atoms with Gasteiger partial charge < -0.3 is 10.6 Å². The number of amides is 1. The Morgan fingerprint density at radius 2 is 2.50 bits per heavy atom. The Hall–Kier alpha value is -1.78. The van der Waals surface area contributed by atoms with Crippen molar-refractivity contribution in [3.8, 4) is 0 Å². The molecule has 0 saturated heterocycles. The molecule has 14 heavy (non-hydrogen) atoms. The summed E-state index contributed by atoms with van der Waals surface area (Å²) in [7, 11) is 1.62. The summed E-state index contributed by atoms with van der Waals surface area (Å²) < 4.78 is 1.78. The number of nitrogens with one attached hydrogen (secondary N) is 2. The van der Waals surface area contributed by atoms with Crippen molar-refractivity contribution in [1.82, 2.24) is 15.1 Å². The van der Waals surface area contributed by atoms with Crippen LogP contribution in [0.3, 0.4) is 0 Å². The highest BCUT2D eigenvalue weighted by atomic mass is 16.1. The third-order valence-electron chi connectivity index (χ3n) is 2.14. The Kier molecular flexibility index (Phi) is 1.99. The van der Waals surface area contributed by atoms with Crippen molar-refractivity contribution in [2.45, 2.75) is 13.5 Å². The van der Waals surface area contributed by atoms with Crippen LogP contribution < -0.4 is 10.6 Å². The molecule has 1 amide bonds. The lowest BCUT2D eigenvalue weighted by atomic mass is 10.2. The lowest BCUT2D eigenvalue weighted by Crippen LogP contribution is -2.26. The van der Waals surface area contributed by atoms with Gasteiger partial charge in [-0.1, -0.05) is 0 Å². The predicted octanol–water partition coefficient (Wildman–Crippen LogP) is 0.247. The molecule has 5 nitrogen and oxygen atoms in total. The minimum absolute atomic E-state index is 0.0729. The van der Waals surface area contributed by atoms with Gasteiger partial charge in [0, 0.05) is 19.3 Å². The molecule has 1 aromatic rings. The van der Waals surface area contributed by atoms with Crippen LogP contribution in [0.2, 0.25) is 0 Å². The van der Waals surface area contributed by atoms with E-state index in [-0.39, 0.29) is 5.91 Å². The molecule has 74 valence electrons. The van der Waals surface area contributed by atoms with E-state index >= 15 is 0 Å². The molecule has 0 saturated carbocycles. The maximum absolute atomic E-state index is 11.3. The van der Waals surface area contributed by atoms with Crippen LogP contribution in [-0.2, 0) is 11.3 Å². The Balaban J connectivity index is 2.24. The largest absolute Gasteiger partial charge is 0.355 e. The average Bonchev–Trinajstić information content (AvgIpc) is 2.55. The Labute approximate surface area is 81.8 Å². The number of rotatable bonds is 1.